The van der Waals surface area contributed by atoms with E-state index in [1.807, 2.05) is 6.92 Å². The highest BCUT2D eigenvalue weighted by Crippen LogP contribution is 2.25. The number of amides is 1. The lowest BCUT2D eigenvalue weighted by atomic mass is 10.4. The van der Waals surface area contributed by atoms with Crippen LogP contribution in [0.5, 0.6) is 0 Å². The van der Waals surface area contributed by atoms with Crippen molar-refractivity contribution in [2.75, 3.05) is 44.9 Å². The number of hydrogen-bond acceptors (Lipinski definition) is 6. The fourth-order valence-electron chi connectivity index (χ4n) is 1.21. The van der Waals surface area contributed by atoms with Gasteiger partial charge in [0, 0.05) is 27.2 Å². The van der Waals surface area contributed by atoms with Crippen LogP contribution in [0.4, 0.5) is 10.9 Å². The minimum absolute atomic E-state index is 0.124. The Hall–Kier alpha value is -1.34. The highest BCUT2D eigenvalue weighted by molar-refractivity contribution is 7.18. The molecule has 0 aliphatic heterocycles. The van der Waals surface area contributed by atoms with Crippen molar-refractivity contribution in [3.63, 3.8) is 0 Å². The third-order valence-electron chi connectivity index (χ3n) is 2.18. The second kappa shape index (κ2) is 6.41. The molecular formula is C10H18N4O2S. The smallest absolute Gasteiger partial charge is 0.267 e. The number of rotatable bonds is 6. The second-order valence-electron chi connectivity index (χ2n) is 3.41. The van der Waals surface area contributed by atoms with E-state index in [0.717, 1.165) is 0 Å². The normalized spacial score (nSPS) is 10.3. The molecule has 17 heavy (non-hydrogen) atoms. The van der Waals surface area contributed by atoms with Gasteiger partial charge in [0.2, 0.25) is 0 Å². The molecule has 0 saturated carbocycles. The van der Waals surface area contributed by atoms with Crippen LogP contribution >= 0.6 is 11.3 Å². The topological polar surface area (TPSA) is 80.5 Å². The maximum atomic E-state index is 12.0. The lowest BCUT2D eigenvalue weighted by Gasteiger charge is -2.15. The van der Waals surface area contributed by atoms with Gasteiger partial charge in [-0.05, 0) is 6.92 Å². The molecule has 0 aromatic carbocycles. The van der Waals surface area contributed by atoms with Crippen molar-refractivity contribution in [1.29, 1.82) is 0 Å². The largest absolute Gasteiger partial charge is 0.382 e. The zero-order valence-corrected chi connectivity index (χ0v) is 11.1. The van der Waals surface area contributed by atoms with E-state index in [4.69, 9.17) is 10.5 Å². The van der Waals surface area contributed by atoms with Crippen LogP contribution in [0.1, 0.15) is 16.6 Å². The maximum Gasteiger partial charge on any atom is 0.267 e. The van der Waals surface area contributed by atoms with Crippen LogP contribution in [0.15, 0.2) is 0 Å². The first-order chi connectivity index (χ1) is 8.10. The van der Waals surface area contributed by atoms with Crippen LogP contribution in [0.2, 0.25) is 0 Å². The Labute approximate surface area is 105 Å². The average Bonchev–Trinajstić information content (AvgIpc) is 2.69. The van der Waals surface area contributed by atoms with E-state index in [9.17, 15) is 4.79 Å². The Morgan fingerprint density at radius 3 is 2.88 bits per heavy atom. The minimum Gasteiger partial charge on any atom is -0.382 e. The molecule has 1 amide bonds. The standard InChI is InChI=1S/C10H18N4O2S/c1-4-16-6-5-14(3)9(15)7-8(11)13-10(12-2)17-7/h4-6,11H2,1-3H3,(H,12,13). The van der Waals surface area contributed by atoms with E-state index < -0.39 is 0 Å². The van der Waals surface area contributed by atoms with Gasteiger partial charge in [-0.15, -0.1) is 0 Å². The number of thiazole rings is 1. The Kier molecular flexibility index (Phi) is 5.17. The first kappa shape index (κ1) is 13.7. The molecule has 96 valence electrons. The van der Waals surface area contributed by atoms with Gasteiger partial charge >= 0.3 is 0 Å². The molecule has 1 rings (SSSR count). The number of nitrogen functional groups attached to an aromatic ring is 1. The predicted octanol–water partition coefficient (Wildman–Crippen LogP) is 0.876. The monoisotopic (exact) mass is 258 g/mol. The highest BCUT2D eigenvalue weighted by atomic mass is 32.1. The molecule has 1 aromatic heterocycles. The zero-order valence-electron chi connectivity index (χ0n) is 10.3. The lowest BCUT2D eigenvalue weighted by Crippen LogP contribution is -2.30. The van der Waals surface area contributed by atoms with Crippen molar-refractivity contribution < 1.29 is 9.53 Å². The number of aromatic nitrogens is 1. The summed E-state index contributed by atoms with van der Waals surface area (Å²) in [5.74, 6) is 0.147. The van der Waals surface area contributed by atoms with Crippen LogP contribution in [-0.2, 0) is 4.74 Å². The van der Waals surface area contributed by atoms with Gasteiger partial charge in [0.1, 0.15) is 10.7 Å². The van der Waals surface area contributed by atoms with E-state index in [1.165, 1.54) is 11.3 Å². The van der Waals surface area contributed by atoms with E-state index in [2.05, 4.69) is 10.3 Å². The number of nitrogens with one attached hydrogen (secondary N) is 1. The third kappa shape index (κ3) is 3.57. The van der Waals surface area contributed by atoms with Gasteiger partial charge in [0.05, 0.1) is 6.61 Å². The van der Waals surface area contributed by atoms with E-state index in [-0.39, 0.29) is 11.7 Å². The number of nitrogens with two attached hydrogens (primary N) is 1. The summed E-state index contributed by atoms with van der Waals surface area (Å²) in [5.41, 5.74) is 5.69. The summed E-state index contributed by atoms with van der Waals surface area (Å²) in [6.45, 7) is 3.63. The predicted molar refractivity (Wildman–Crippen MR) is 69.5 cm³/mol. The number of anilines is 2. The van der Waals surface area contributed by atoms with Gasteiger partial charge in [-0.1, -0.05) is 11.3 Å². The first-order valence-electron chi connectivity index (χ1n) is 5.37. The number of carbonyl (C=O) groups excluding carboxylic acids is 1. The quantitative estimate of drug-likeness (QED) is 0.740. The van der Waals surface area contributed by atoms with Crippen molar-refractivity contribution in [3.05, 3.63) is 4.88 Å². The van der Waals surface area contributed by atoms with Crippen molar-refractivity contribution in [2.45, 2.75) is 6.92 Å². The first-order valence-corrected chi connectivity index (χ1v) is 6.19. The van der Waals surface area contributed by atoms with Crippen LogP contribution in [0.25, 0.3) is 0 Å². The molecule has 1 heterocycles. The highest BCUT2D eigenvalue weighted by Gasteiger charge is 2.19. The summed E-state index contributed by atoms with van der Waals surface area (Å²) in [4.78, 5) is 18.1. The Morgan fingerprint density at radius 2 is 2.35 bits per heavy atom. The number of likely N-dealkylation sites (N-methyl/N-ethyl adjacent to an activating group) is 1. The van der Waals surface area contributed by atoms with Crippen LogP contribution in [0, 0.1) is 0 Å². The van der Waals surface area contributed by atoms with Gasteiger partial charge in [-0.3, -0.25) is 4.79 Å². The van der Waals surface area contributed by atoms with E-state index >= 15 is 0 Å². The van der Waals surface area contributed by atoms with Crippen molar-refractivity contribution in [1.82, 2.24) is 9.88 Å². The van der Waals surface area contributed by atoms with Gasteiger partial charge in [-0.25, -0.2) is 4.98 Å². The van der Waals surface area contributed by atoms with Gasteiger partial charge in [0.15, 0.2) is 5.13 Å². The molecule has 6 nitrogen and oxygen atoms in total. The second-order valence-corrected chi connectivity index (χ2v) is 4.41. The van der Waals surface area contributed by atoms with Crippen molar-refractivity contribution >= 4 is 28.2 Å². The Bertz CT molecular complexity index is 380. The van der Waals surface area contributed by atoms with Gasteiger partial charge in [0.25, 0.3) is 5.91 Å². The summed E-state index contributed by atoms with van der Waals surface area (Å²) in [6.07, 6.45) is 0. The van der Waals surface area contributed by atoms with Crippen LogP contribution in [-0.4, -0.2) is 49.6 Å². The van der Waals surface area contributed by atoms with Crippen LogP contribution < -0.4 is 11.1 Å². The SMILES string of the molecule is CCOCCN(C)C(=O)c1sc(NC)nc1N. The van der Waals surface area contributed by atoms with Crippen molar-refractivity contribution in [2.24, 2.45) is 0 Å². The lowest BCUT2D eigenvalue weighted by molar-refractivity contribution is 0.0715. The van der Waals surface area contributed by atoms with Crippen molar-refractivity contribution in [3.8, 4) is 0 Å². The molecule has 0 atom stereocenters. The molecule has 0 spiro atoms. The number of hydrogen-bond donors (Lipinski definition) is 2. The summed E-state index contributed by atoms with van der Waals surface area (Å²) >= 11 is 1.26. The fourth-order valence-corrected chi connectivity index (χ4v) is 2.05. The Balaban J connectivity index is 2.64. The Morgan fingerprint density at radius 1 is 1.65 bits per heavy atom. The van der Waals surface area contributed by atoms with Crippen LogP contribution in [0.3, 0.4) is 0 Å². The minimum atomic E-state index is -0.124. The number of nitrogens with zero attached hydrogens (tertiary/aromatic N) is 2. The summed E-state index contributed by atoms with van der Waals surface area (Å²) in [5, 5.41) is 3.51. The molecule has 3 N–H and O–H groups in total. The van der Waals surface area contributed by atoms with Gasteiger partial charge in [-0.2, -0.15) is 0 Å². The molecular weight excluding hydrogens is 240 g/mol. The third-order valence-corrected chi connectivity index (χ3v) is 3.26. The molecule has 0 radical (unpaired) electrons. The van der Waals surface area contributed by atoms with E-state index in [1.54, 1.807) is 19.0 Å². The molecule has 0 aliphatic carbocycles. The molecule has 0 saturated heterocycles. The molecule has 0 bridgehead atoms. The molecule has 0 fully saturated rings. The summed E-state index contributed by atoms with van der Waals surface area (Å²) in [6, 6.07) is 0. The summed E-state index contributed by atoms with van der Waals surface area (Å²) < 4.78 is 5.20. The molecule has 0 aliphatic rings. The molecule has 1 aromatic rings. The van der Waals surface area contributed by atoms with E-state index in [0.29, 0.717) is 29.8 Å². The number of ether oxygens (including phenoxy) is 1. The number of carbonyl (C=O) groups is 1. The maximum absolute atomic E-state index is 12.0. The molecule has 7 heteroatoms. The molecule has 0 unspecified atom stereocenters. The van der Waals surface area contributed by atoms with Gasteiger partial charge < -0.3 is 20.7 Å². The average molecular weight is 258 g/mol. The fraction of sp³-hybridized carbons (Fsp3) is 0.600. The zero-order chi connectivity index (χ0) is 12.8. The summed E-state index contributed by atoms with van der Waals surface area (Å²) in [7, 11) is 3.46.